The van der Waals surface area contributed by atoms with Gasteiger partial charge in [0.2, 0.25) is 0 Å². The van der Waals surface area contributed by atoms with Gasteiger partial charge in [0.15, 0.2) is 11.6 Å². The second-order valence-corrected chi connectivity index (χ2v) is 9.01. The van der Waals surface area contributed by atoms with Crippen molar-refractivity contribution in [1.82, 2.24) is 15.3 Å². The third-order valence-electron chi connectivity index (χ3n) is 5.94. The van der Waals surface area contributed by atoms with Gasteiger partial charge in [0, 0.05) is 45.7 Å². The number of para-hydroxylation sites is 1. The van der Waals surface area contributed by atoms with Gasteiger partial charge in [-0.1, -0.05) is 24.3 Å². The van der Waals surface area contributed by atoms with Crippen LogP contribution in [-0.2, 0) is 0 Å². The topological polar surface area (TPSA) is 77.8 Å². The van der Waals surface area contributed by atoms with Crippen molar-refractivity contribution in [3.8, 4) is 0 Å². The molecule has 0 saturated carbocycles. The van der Waals surface area contributed by atoms with E-state index in [9.17, 15) is 9.59 Å². The van der Waals surface area contributed by atoms with E-state index in [1.807, 2.05) is 32.9 Å². The Bertz CT molecular complexity index is 1230. The van der Waals surface area contributed by atoms with Gasteiger partial charge in [0.05, 0.1) is 11.7 Å². The number of hydrogen-bond acceptors (Lipinski definition) is 4. The van der Waals surface area contributed by atoms with Gasteiger partial charge in [-0.2, -0.15) is 0 Å². The molecule has 0 aliphatic carbocycles. The Balaban J connectivity index is 1.57. The predicted molar refractivity (Wildman–Crippen MR) is 127 cm³/mol. The summed E-state index contributed by atoms with van der Waals surface area (Å²) in [6.45, 7) is 7.72. The van der Waals surface area contributed by atoms with Crippen LogP contribution in [0.1, 0.15) is 62.3 Å². The highest BCUT2D eigenvalue weighted by Gasteiger charge is 2.25. The summed E-state index contributed by atoms with van der Waals surface area (Å²) in [4.78, 5) is 32.8. The molecule has 4 aromatic rings. The first-order chi connectivity index (χ1) is 14.9. The normalized spacial score (nSPS) is 13.4. The maximum atomic E-state index is 13.1. The summed E-state index contributed by atoms with van der Waals surface area (Å²) in [5, 5.41) is 6.73. The van der Waals surface area contributed by atoms with Crippen molar-refractivity contribution >= 4 is 33.8 Å². The SMILES string of the molecule is CC(=O)c1c(C)[nH]c(C(=O)C(C)NCC(c2cccs2)c2c[nH]c3ccccc23)c1C. The van der Waals surface area contributed by atoms with Crippen LogP contribution in [0.2, 0.25) is 0 Å². The lowest BCUT2D eigenvalue weighted by Gasteiger charge is -2.19. The summed E-state index contributed by atoms with van der Waals surface area (Å²) in [6, 6.07) is 12.1. The molecule has 3 aromatic heterocycles. The van der Waals surface area contributed by atoms with Crippen molar-refractivity contribution in [3.05, 3.63) is 80.9 Å². The number of aromatic nitrogens is 2. The highest BCUT2D eigenvalue weighted by atomic mass is 32.1. The quantitative estimate of drug-likeness (QED) is 0.327. The van der Waals surface area contributed by atoms with Gasteiger partial charge in [0.25, 0.3) is 0 Å². The molecule has 0 fully saturated rings. The van der Waals surface area contributed by atoms with Gasteiger partial charge < -0.3 is 15.3 Å². The van der Waals surface area contributed by atoms with Gasteiger partial charge in [-0.15, -0.1) is 11.3 Å². The minimum atomic E-state index is -0.385. The second-order valence-electron chi connectivity index (χ2n) is 8.03. The van der Waals surface area contributed by atoms with E-state index in [-0.39, 0.29) is 23.5 Å². The zero-order chi connectivity index (χ0) is 22.1. The van der Waals surface area contributed by atoms with Gasteiger partial charge >= 0.3 is 0 Å². The first-order valence-corrected chi connectivity index (χ1v) is 11.3. The number of H-pyrrole nitrogens is 2. The average Bonchev–Trinajstić information content (AvgIpc) is 3.47. The average molecular weight is 434 g/mol. The Morgan fingerprint density at radius 3 is 2.58 bits per heavy atom. The van der Waals surface area contributed by atoms with E-state index >= 15 is 0 Å². The maximum absolute atomic E-state index is 13.1. The lowest BCUT2D eigenvalue weighted by molar-refractivity contribution is 0.0945. The number of nitrogens with one attached hydrogen (secondary N) is 3. The summed E-state index contributed by atoms with van der Waals surface area (Å²) in [5.74, 6) is 0.0746. The molecule has 1 aromatic carbocycles. The Morgan fingerprint density at radius 2 is 1.90 bits per heavy atom. The highest BCUT2D eigenvalue weighted by Crippen LogP contribution is 2.33. The highest BCUT2D eigenvalue weighted by molar-refractivity contribution is 7.10. The molecule has 4 rings (SSSR count). The van der Waals surface area contributed by atoms with Crippen LogP contribution < -0.4 is 5.32 Å². The summed E-state index contributed by atoms with van der Waals surface area (Å²) < 4.78 is 0. The van der Waals surface area contributed by atoms with Crippen LogP contribution in [0.3, 0.4) is 0 Å². The first kappa shape index (κ1) is 21.3. The van der Waals surface area contributed by atoms with E-state index in [0.717, 1.165) is 16.8 Å². The number of carbonyl (C=O) groups is 2. The van der Waals surface area contributed by atoms with Crippen LogP contribution in [0.15, 0.2) is 48.0 Å². The maximum Gasteiger partial charge on any atom is 0.195 e. The molecule has 0 bridgehead atoms. The van der Waals surface area contributed by atoms with Crippen LogP contribution >= 0.6 is 11.3 Å². The van der Waals surface area contributed by atoms with Crippen molar-refractivity contribution in [2.24, 2.45) is 0 Å². The van der Waals surface area contributed by atoms with E-state index in [1.165, 1.54) is 22.8 Å². The smallest absolute Gasteiger partial charge is 0.195 e. The van der Waals surface area contributed by atoms with Crippen LogP contribution in [-0.4, -0.2) is 34.1 Å². The molecule has 5 nitrogen and oxygen atoms in total. The number of hydrogen-bond donors (Lipinski definition) is 3. The minimum Gasteiger partial charge on any atom is -0.361 e. The largest absolute Gasteiger partial charge is 0.361 e. The third-order valence-corrected chi connectivity index (χ3v) is 6.93. The Kier molecular flexibility index (Phi) is 5.94. The zero-order valence-electron chi connectivity index (χ0n) is 18.2. The Morgan fingerprint density at radius 1 is 1.13 bits per heavy atom. The molecule has 2 atom stereocenters. The van der Waals surface area contributed by atoms with E-state index < -0.39 is 0 Å². The number of aryl methyl sites for hydroxylation is 1. The molecule has 3 N–H and O–H groups in total. The summed E-state index contributed by atoms with van der Waals surface area (Å²) >= 11 is 1.72. The monoisotopic (exact) mass is 433 g/mol. The van der Waals surface area contributed by atoms with E-state index in [2.05, 4.69) is 51.1 Å². The fraction of sp³-hybridized carbons (Fsp3) is 0.280. The number of rotatable bonds is 8. The molecule has 0 aliphatic rings. The van der Waals surface area contributed by atoms with Crippen LogP contribution in [0.5, 0.6) is 0 Å². The number of aromatic amines is 2. The van der Waals surface area contributed by atoms with Crippen molar-refractivity contribution in [2.45, 2.75) is 39.7 Å². The first-order valence-electron chi connectivity index (χ1n) is 10.5. The number of thiophene rings is 1. The Hall–Kier alpha value is -2.96. The second kappa shape index (κ2) is 8.65. The zero-order valence-corrected chi connectivity index (χ0v) is 19.0. The molecule has 3 heterocycles. The molecule has 160 valence electrons. The molecule has 0 amide bonds. The van der Waals surface area contributed by atoms with E-state index in [0.29, 0.717) is 17.8 Å². The van der Waals surface area contributed by atoms with Crippen molar-refractivity contribution < 1.29 is 9.59 Å². The number of ketones is 2. The molecule has 0 aliphatic heterocycles. The van der Waals surface area contributed by atoms with Gasteiger partial charge in [-0.3, -0.25) is 9.59 Å². The number of fused-ring (bicyclic) bond motifs is 1. The van der Waals surface area contributed by atoms with Crippen LogP contribution in [0.25, 0.3) is 10.9 Å². The summed E-state index contributed by atoms with van der Waals surface area (Å²) in [5.41, 5.74) is 4.94. The standard InChI is InChI=1S/C25H27N3O2S/c1-14-23(17(4)29)15(2)28-24(14)25(30)16(3)26-13-20(22-10-7-11-31-22)19-12-27-21-9-6-5-8-18(19)21/h5-12,16,20,26-28H,13H2,1-4H3. The Labute approximate surface area is 185 Å². The summed E-state index contributed by atoms with van der Waals surface area (Å²) in [6.07, 6.45) is 2.07. The molecule has 0 saturated heterocycles. The molecular weight excluding hydrogens is 406 g/mol. The van der Waals surface area contributed by atoms with Gasteiger partial charge in [-0.25, -0.2) is 0 Å². The van der Waals surface area contributed by atoms with Gasteiger partial charge in [0.1, 0.15) is 0 Å². The molecule has 0 radical (unpaired) electrons. The minimum absolute atomic E-state index is 0.0250. The van der Waals surface area contributed by atoms with E-state index in [1.54, 1.807) is 11.3 Å². The van der Waals surface area contributed by atoms with Crippen molar-refractivity contribution in [3.63, 3.8) is 0 Å². The van der Waals surface area contributed by atoms with Crippen molar-refractivity contribution in [1.29, 1.82) is 0 Å². The van der Waals surface area contributed by atoms with Crippen LogP contribution in [0, 0.1) is 13.8 Å². The number of benzene rings is 1. The molecule has 0 spiro atoms. The molecule has 6 heteroatoms. The summed E-state index contributed by atoms with van der Waals surface area (Å²) in [7, 11) is 0. The molecular formula is C25H27N3O2S. The third kappa shape index (κ3) is 4.01. The molecule has 2 unspecified atom stereocenters. The van der Waals surface area contributed by atoms with Crippen LogP contribution in [0.4, 0.5) is 0 Å². The molecule has 31 heavy (non-hydrogen) atoms. The van der Waals surface area contributed by atoms with Gasteiger partial charge in [-0.05, 0) is 56.3 Å². The lowest BCUT2D eigenvalue weighted by atomic mass is 9.96. The predicted octanol–water partition coefficient (Wildman–Crippen LogP) is 5.37. The number of carbonyl (C=O) groups excluding carboxylic acids is 2. The fourth-order valence-corrected chi connectivity index (χ4v) is 5.21. The lowest BCUT2D eigenvalue weighted by Crippen LogP contribution is -2.37. The fourth-order valence-electron chi connectivity index (χ4n) is 4.36. The number of Topliss-reactive ketones (excluding diaryl/α,β-unsaturated/α-hetero) is 2. The van der Waals surface area contributed by atoms with E-state index in [4.69, 9.17) is 0 Å². The van der Waals surface area contributed by atoms with Crippen molar-refractivity contribution in [2.75, 3.05) is 6.54 Å².